The highest BCUT2D eigenvalue weighted by Gasteiger charge is 2.51. The smallest absolute Gasteiger partial charge is 0.406 e. The van der Waals surface area contributed by atoms with Crippen LogP contribution in [-0.4, -0.2) is 26.9 Å². The Labute approximate surface area is 167 Å². The molecule has 1 aliphatic carbocycles. The fraction of sp³-hybridized carbons (Fsp3) is 0.400. The topological polar surface area (TPSA) is 81.4 Å². The van der Waals surface area contributed by atoms with Crippen LogP contribution in [-0.2, 0) is 15.4 Å². The number of nitrogens with two attached hydrogens (primary N) is 1. The van der Waals surface area contributed by atoms with E-state index in [1.807, 2.05) is 30.3 Å². The zero-order valence-corrected chi connectivity index (χ0v) is 16.3. The van der Waals surface area contributed by atoms with Crippen molar-refractivity contribution in [2.75, 3.05) is 6.54 Å². The molecule has 1 aliphatic heterocycles. The average Bonchev–Trinajstić information content (AvgIpc) is 3.40. The summed E-state index contributed by atoms with van der Waals surface area (Å²) in [4.78, 5) is -0.190. The Hall–Kier alpha value is -2.10. The highest BCUT2D eigenvalue weighted by Crippen LogP contribution is 2.51. The molecule has 29 heavy (non-hydrogen) atoms. The Morgan fingerprint density at radius 3 is 2.17 bits per heavy atom. The van der Waals surface area contributed by atoms with Gasteiger partial charge in [-0.3, -0.25) is 0 Å². The van der Waals surface area contributed by atoms with Gasteiger partial charge >= 0.3 is 6.36 Å². The standard InChI is InChI=1S/C20H21F3N2O3S/c21-20(22,23)28-15-6-7-17(29(24,26)27)16(12-15)19(14-4-2-1-3-5-14)11-10-18(8-9-18)25-13-19/h1-7,12,25H,8-11,13H2,(H2,24,26,27). The molecule has 2 aliphatic rings. The fourth-order valence-electron chi connectivity index (χ4n) is 4.26. The minimum Gasteiger partial charge on any atom is -0.406 e. The number of rotatable bonds is 4. The maximum atomic E-state index is 12.8. The van der Waals surface area contributed by atoms with E-state index in [2.05, 4.69) is 10.1 Å². The number of piperidine rings is 1. The lowest BCUT2D eigenvalue weighted by Gasteiger charge is -2.43. The Morgan fingerprint density at radius 2 is 1.66 bits per heavy atom. The lowest BCUT2D eigenvalue weighted by molar-refractivity contribution is -0.274. The van der Waals surface area contributed by atoms with E-state index in [0.717, 1.165) is 43.0 Å². The molecule has 0 amide bonds. The molecule has 5 nitrogen and oxygen atoms in total. The molecule has 1 unspecified atom stereocenters. The highest BCUT2D eigenvalue weighted by molar-refractivity contribution is 7.89. The Morgan fingerprint density at radius 1 is 1.00 bits per heavy atom. The number of sulfonamides is 1. The van der Waals surface area contributed by atoms with Gasteiger partial charge in [-0.05, 0) is 55.0 Å². The first kappa shape index (κ1) is 20.2. The molecule has 1 spiro atoms. The van der Waals surface area contributed by atoms with Crippen LogP contribution in [0.5, 0.6) is 5.75 Å². The number of hydrogen-bond donors (Lipinski definition) is 2. The third kappa shape index (κ3) is 3.99. The number of ether oxygens (including phenoxy) is 1. The first-order valence-electron chi connectivity index (χ1n) is 9.27. The molecule has 3 N–H and O–H groups in total. The number of alkyl halides is 3. The van der Waals surface area contributed by atoms with Crippen LogP contribution >= 0.6 is 0 Å². The second-order valence-corrected chi connectivity index (χ2v) is 9.36. The lowest BCUT2D eigenvalue weighted by atomic mass is 9.68. The van der Waals surface area contributed by atoms with E-state index < -0.39 is 27.6 Å². The van der Waals surface area contributed by atoms with Crippen LogP contribution in [0.4, 0.5) is 13.2 Å². The zero-order valence-electron chi connectivity index (χ0n) is 15.5. The molecule has 1 atom stereocenters. The van der Waals surface area contributed by atoms with Crippen LogP contribution in [0.3, 0.4) is 0 Å². The SMILES string of the molecule is NS(=O)(=O)c1ccc(OC(F)(F)F)cc1C1(c2ccccc2)CCC2(CC2)NC1. The molecular formula is C20H21F3N2O3S. The summed E-state index contributed by atoms with van der Waals surface area (Å²) in [5, 5.41) is 8.94. The van der Waals surface area contributed by atoms with Crippen LogP contribution in [0, 0.1) is 0 Å². The summed E-state index contributed by atoms with van der Waals surface area (Å²) in [5.74, 6) is -0.470. The number of hydrogen-bond acceptors (Lipinski definition) is 4. The molecule has 2 aromatic rings. The van der Waals surface area contributed by atoms with Gasteiger partial charge in [0.25, 0.3) is 0 Å². The van der Waals surface area contributed by atoms with Gasteiger partial charge in [-0.1, -0.05) is 30.3 Å². The number of halogens is 3. The number of nitrogens with one attached hydrogen (secondary N) is 1. The van der Waals surface area contributed by atoms with Crippen LogP contribution in [0.2, 0.25) is 0 Å². The molecule has 2 fully saturated rings. The molecule has 2 aromatic carbocycles. The van der Waals surface area contributed by atoms with Crippen LogP contribution in [0.25, 0.3) is 0 Å². The third-order valence-electron chi connectivity index (χ3n) is 5.98. The van der Waals surface area contributed by atoms with Crippen LogP contribution in [0.15, 0.2) is 53.4 Å². The molecule has 1 saturated carbocycles. The Kier molecular flexibility index (Phi) is 4.67. The normalized spacial score (nSPS) is 23.7. The Bertz CT molecular complexity index is 1010. The van der Waals surface area contributed by atoms with Gasteiger partial charge in [0.1, 0.15) is 5.75 Å². The number of primary sulfonamides is 1. The van der Waals surface area contributed by atoms with Crippen molar-refractivity contribution in [1.29, 1.82) is 0 Å². The second kappa shape index (κ2) is 6.72. The van der Waals surface area contributed by atoms with Gasteiger partial charge < -0.3 is 10.1 Å². The molecule has 1 saturated heterocycles. The fourth-order valence-corrected chi connectivity index (χ4v) is 5.08. The van der Waals surface area contributed by atoms with Gasteiger partial charge in [-0.25, -0.2) is 13.6 Å². The molecular weight excluding hydrogens is 405 g/mol. The van der Waals surface area contributed by atoms with E-state index in [0.29, 0.717) is 13.0 Å². The van der Waals surface area contributed by atoms with Crippen molar-refractivity contribution in [3.8, 4) is 5.75 Å². The summed E-state index contributed by atoms with van der Waals surface area (Å²) in [5.41, 5.74) is 0.245. The minimum absolute atomic E-state index is 0.0557. The predicted octanol–water partition coefficient (Wildman–Crippen LogP) is 3.43. The zero-order chi connectivity index (χ0) is 20.9. The van der Waals surface area contributed by atoms with E-state index in [4.69, 9.17) is 5.14 Å². The molecule has 0 aromatic heterocycles. The third-order valence-corrected chi connectivity index (χ3v) is 6.95. The number of benzene rings is 2. The van der Waals surface area contributed by atoms with Gasteiger partial charge in [0.2, 0.25) is 10.0 Å². The van der Waals surface area contributed by atoms with Crippen molar-refractivity contribution in [2.45, 2.75) is 47.9 Å². The van der Waals surface area contributed by atoms with Crippen molar-refractivity contribution in [3.63, 3.8) is 0 Å². The highest BCUT2D eigenvalue weighted by atomic mass is 32.2. The van der Waals surface area contributed by atoms with Gasteiger partial charge in [-0.15, -0.1) is 13.2 Å². The van der Waals surface area contributed by atoms with Gasteiger partial charge in [-0.2, -0.15) is 0 Å². The van der Waals surface area contributed by atoms with Crippen molar-refractivity contribution < 1.29 is 26.3 Å². The molecule has 9 heteroatoms. The first-order chi connectivity index (χ1) is 13.5. The van der Waals surface area contributed by atoms with E-state index in [9.17, 15) is 21.6 Å². The second-order valence-electron chi connectivity index (χ2n) is 7.83. The van der Waals surface area contributed by atoms with Gasteiger partial charge in [0.05, 0.1) is 4.90 Å². The first-order valence-corrected chi connectivity index (χ1v) is 10.8. The Balaban J connectivity index is 1.90. The summed E-state index contributed by atoms with van der Waals surface area (Å²) in [6, 6.07) is 12.4. The van der Waals surface area contributed by atoms with Crippen molar-refractivity contribution in [2.24, 2.45) is 5.14 Å². The van der Waals surface area contributed by atoms with Crippen molar-refractivity contribution >= 4 is 10.0 Å². The molecule has 156 valence electrons. The maximum Gasteiger partial charge on any atom is 0.573 e. The van der Waals surface area contributed by atoms with Crippen LogP contribution in [0.1, 0.15) is 36.8 Å². The average molecular weight is 426 g/mol. The van der Waals surface area contributed by atoms with Crippen molar-refractivity contribution in [1.82, 2.24) is 5.32 Å². The largest absolute Gasteiger partial charge is 0.573 e. The molecule has 0 bridgehead atoms. The lowest BCUT2D eigenvalue weighted by Crippen LogP contribution is -2.51. The van der Waals surface area contributed by atoms with Gasteiger partial charge in [0.15, 0.2) is 0 Å². The summed E-state index contributed by atoms with van der Waals surface area (Å²) < 4.78 is 67.1. The summed E-state index contributed by atoms with van der Waals surface area (Å²) >= 11 is 0. The molecule has 4 rings (SSSR count). The monoisotopic (exact) mass is 426 g/mol. The molecule has 1 heterocycles. The van der Waals surface area contributed by atoms with Gasteiger partial charge in [0, 0.05) is 17.5 Å². The van der Waals surface area contributed by atoms with E-state index in [-0.39, 0.29) is 16.0 Å². The summed E-state index contributed by atoms with van der Waals surface area (Å²) in [6.07, 6.45) is -1.43. The minimum atomic E-state index is -4.89. The van der Waals surface area contributed by atoms with E-state index in [1.54, 1.807) is 0 Å². The summed E-state index contributed by atoms with van der Waals surface area (Å²) in [6.45, 7) is 0.398. The van der Waals surface area contributed by atoms with E-state index >= 15 is 0 Å². The predicted molar refractivity (Wildman–Crippen MR) is 101 cm³/mol. The molecule has 0 radical (unpaired) electrons. The van der Waals surface area contributed by atoms with E-state index in [1.165, 1.54) is 0 Å². The maximum absolute atomic E-state index is 12.8. The quantitative estimate of drug-likeness (QED) is 0.785. The van der Waals surface area contributed by atoms with Crippen LogP contribution < -0.4 is 15.2 Å². The summed E-state index contributed by atoms with van der Waals surface area (Å²) in [7, 11) is -4.17. The van der Waals surface area contributed by atoms with Crippen molar-refractivity contribution in [3.05, 3.63) is 59.7 Å².